The SMILES string of the molecule is CCCCCCCCCCCCCCCCCCN(C)C(=O)OCC(C)(COCCCCCCCN1C=CSC1)SC. The summed E-state index contributed by atoms with van der Waals surface area (Å²) in [6.07, 6.45) is 32.0. The van der Waals surface area contributed by atoms with E-state index in [0.717, 1.165) is 31.9 Å². The maximum Gasteiger partial charge on any atom is 0.409 e. The van der Waals surface area contributed by atoms with E-state index in [4.69, 9.17) is 9.47 Å². The van der Waals surface area contributed by atoms with Gasteiger partial charge >= 0.3 is 6.09 Å². The van der Waals surface area contributed by atoms with E-state index in [9.17, 15) is 4.79 Å². The third kappa shape index (κ3) is 22.9. The van der Waals surface area contributed by atoms with Crippen LogP contribution < -0.4 is 0 Å². The first-order chi connectivity index (χ1) is 20.5. The van der Waals surface area contributed by atoms with Crippen LogP contribution in [0.1, 0.15) is 149 Å². The zero-order valence-corrected chi connectivity index (χ0v) is 29.8. The highest BCUT2D eigenvalue weighted by molar-refractivity contribution is 8.02. The lowest BCUT2D eigenvalue weighted by atomic mass is 10.0. The standard InChI is InChI=1S/C35H68N2O3S2/c1-5-6-7-8-9-10-11-12-13-14-15-16-17-18-20-23-26-36(3)34(38)40-32-35(2,41-4)31-39-29-25-22-19-21-24-27-37-28-30-42-33-37/h28,30H,5-27,29,31-33H2,1-4H3. The summed E-state index contributed by atoms with van der Waals surface area (Å²) in [5.41, 5.74) is 0. The van der Waals surface area contributed by atoms with Crippen LogP contribution in [0.3, 0.4) is 0 Å². The predicted molar refractivity (Wildman–Crippen MR) is 188 cm³/mol. The number of amides is 1. The van der Waals surface area contributed by atoms with Crippen LogP contribution in [-0.2, 0) is 9.47 Å². The third-order valence-electron chi connectivity index (χ3n) is 8.40. The minimum Gasteiger partial charge on any atom is -0.448 e. The monoisotopic (exact) mass is 628 g/mol. The highest BCUT2D eigenvalue weighted by atomic mass is 32.2. The maximum atomic E-state index is 12.5. The van der Waals surface area contributed by atoms with E-state index in [2.05, 4.69) is 36.6 Å². The minimum atomic E-state index is -0.209. The lowest BCUT2D eigenvalue weighted by Gasteiger charge is -2.28. The van der Waals surface area contributed by atoms with E-state index < -0.39 is 0 Å². The minimum absolute atomic E-state index is 0.202. The van der Waals surface area contributed by atoms with Crippen molar-refractivity contribution < 1.29 is 14.3 Å². The molecule has 0 spiro atoms. The second-order valence-corrected chi connectivity index (χ2v) is 14.9. The number of rotatable bonds is 30. The summed E-state index contributed by atoms with van der Waals surface area (Å²) >= 11 is 3.60. The number of nitrogens with zero attached hydrogens (tertiary/aromatic N) is 2. The Morgan fingerprint density at radius 3 is 1.86 bits per heavy atom. The summed E-state index contributed by atoms with van der Waals surface area (Å²) in [7, 11) is 1.86. The maximum absolute atomic E-state index is 12.5. The van der Waals surface area contributed by atoms with Crippen molar-refractivity contribution in [1.82, 2.24) is 9.80 Å². The van der Waals surface area contributed by atoms with Crippen LogP contribution in [0, 0.1) is 0 Å². The van der Waals surface area contributed by atoms with Gasteiger partial charge in [0.15, 0.2) is 0 Å². The van der Waals surface area contributed by atoms with Gasteiger partial charge in [0, 0.05) is 32.9 Å². The second-order valence-electron chi connectivity index (χ2n) is 12.6. The Labute approximate surface area is 270 Å². The zero-order chi connectivity index (χ0) is 30.6. The van der Waals surface area contributed by atoms with Gasteiger partial charge in [0.1, 0.15) is 6.61 Å². The van der Waals surface area contributed by atoms with Crippen molar-refractivity contribution in [1.29, 1.82) is 0 Å². The van der Waals surface area contributed by atoms with Crippen molar-refractivity contribution in [3.05, 3.63) is 11.6 Å². The van der Waals surface area contributed by atoms with Gasteiger partial charge in [0.2, 0.25) is 0 Å². The Bertz CT molecular complexity index is 652. The molecule has 1 amide bonds. The molecule has 0 aromatic rings. The number of hydrogen-bond donors (Lipinski definition) is 0. The molecule has 0 saturated carbocycles. The van der Waals surface area contributed by atoms with Crippen LogP contribution in [0.4, 0.5) is 4.79 Å². The van der Waals surface area contributed by atoms with Crippen LogP contribution >= 0.6 is 23.5 Å². The average Bonchev–Trinajstić information content (AvgIpc) is 3.52. The van der Waals surface area contributed by atoms with E-state index in [-0.39, 0.29) is 10.8 Å². The molecule has 42 heavy (non-hydrogen) atoms. The van der Waals surface area contributed by atoms with E-state index in [0.29, 0.717) is 13.2 Å². The Hall–Kier alpha value is -0.530. The molecular formula is C35H68N2O3S2. The van der Waals surface area contributed by atoms with Crippen molar-refractivity contribution in [2.24, 2.45) is 0 Å². The van der Waals surface area contributed by atoms with Crippen molar-refractivity contribution >= 4 is 29.6 Å². The molecule has 0 aromatic carbocycles. The molecule has 1 heterocycles. The molecule has 7 heteroatoms. The molecule has 1 aliphatic heterocycles. The van der Waals surface area contributed by atoms with Crippen LogP contribution in [0.2, 0.25) is 0 Å². The fraction of sp³-hybridized carbons (Fsp3) is 0.914. The summed E-state index contributed by atoms with van der Waals surface area (Å²) in [5, 5.41) is 2.18. The molecule has 0 saturated heterocycles. The molecular weight excluding hydrogens is 561 g/mol. The quantitative estimate of drug-likeness (QED) is 0.0737. The molecule has 1 rings (SSSR count). The fourth-order valence-corrected chi connectivity index (χ4v) is 6.39. The lowest BCUT2D eigenvalue weighted by molar-refractivity contribution is 0.0660. The number of unbranched alkanes of at least 4 members (excludes halogenated alkanes) is 19. The third-order valence-corrected chi connectivity index (χ3v) is 10.4. The van der Waals surface area contributed by atoms with Crippen molar-refractivity contribution in [3.63, 3.8) is 0 Å². The average molecular weight is 629 g/mol. The molecule has 0 bridgehead atoms. The second kappa shape index (κ2) is 28.0. The molecule has 5 nitrogen and oxygen atoms in total. The molecule has 0 aliphatic carbocycles. The van der Waals surface area contributed by atoms with Gasteiger partial charge in [-0.05, 0) is 37.9 Å². The van der Waals surface area contributed by atoms with E-state index in [1.807, 2.05) is 18.8 Å². The highest BCUT2D eigenvalue weighted by Gasteiger charge is 2.26. The summed E-state index contributed by atoms with van der Waals surface area (Å²) in [5.74, 6) is 1.12. The predicted octanol–water partition coefficient (Wildman–Crippen LogP) is 10.9. The molecule has 1 unspecified atom stereocenters. The molecule has 0 radical (unpaired) electrons. The molecule has 1 atom stereocenters. The molecule has 0 N–H and O–H groups in total. The first kappa shape index (κ1) is 39.5. The van der Waals surface area contributed by atoms with Crippen LogP contribution in [0.15, 0.2) is 11.6 Å². The first-order valence-electron chi connectivity index (χ1n) is 17.5. The largest absolute Gasteiger partial charge is 0.448 e. The molecule has 0 aromatic heterocycles. The highest BCUT2D eigenvalue weighted by Crippen LogP contribution is 2.24. The van der Waals surface area contributed by atoms with Gasteiger partial charge in [-0.25, -0.2) is 4.79 Å². The lowest BCUT2D eigenvalue weighted by Crippen LogP contribution is -2.37. The van der Waals surface area contributed by atoms with Gasteiger partial charge in [-0.3, -0.25) is 0 Å². The van der Waals surface area contributed by atoms with E-state index >= 15 is 0 Å². The Morgan fingerprint density at radius 2 is 1.33 bits per heavy atom. The van der Waals surface area contributed by atoms with Gasteiger partial charge < -0.3 is 19.3 Å². The summed E-state index contributed by atoms with van der Waals surface area (Å²) in [6, 6.07) is 0. The normalized spacial score (nSPS) is 14.4. The van der Waals surface area contributed by atoms with Gasteiger partial charge in [-0.1, -0.05) is 122 Å². The van der Waals surface area contributed by atoms with Crippen molar-refractivity contribution in [3.8, 4) is 0 Å². The Kier molecular flexibility index (Phi) is 26.3. The first-order valence-corrected chi connectivity index (χ1v) is 19.8. The molecule has 1 aliphatic rings. The Balaban J connectivity index is 1.92. The van der Waals surface area contributed by atoms with Crippen molar-refractivity contribution in [2.75, 3.05) is 52.1 Å². The number of carbonyl (C=O) groups is 1. The number of thioether (sulfide) groups is 2. The van der Waals surface area contributed by atoms with Gasteiger partial charge in [0.25, 0.3) is 0 Å². The van der Waals surface area contributed by atoms with Gasteiger partial charge in [-0.2, -0.15) is 11.8 Å². The number of hydrogen-bond acceptors (Lipinski definition) is 6. The van der Waals surface area contributed by atoms with E-state index in [1.54, 1.807) is 16.7 Å². The molecule has 248 valence electrons. The van der Waals surface area contributed by atoms with Crippen molar-refractivity contribution in [2.45, 2.75) is 153 Å². The summed E-state index contributed by atoms with van der Waals surface area (Å²) < 4.78 is 11.5. The van der Waals surface area contributed by atoms with Crippen LogP contribution in [-0.4, -0.2) is 72.7 Å². The van der Waals surface area contributed by atoms with Crippen LogP contribution in [0.25, 0.3) is 0 Å². The number of ether oxygens (including phenoxy) is 2. The van der Waals surface area contributed by atoms with E-state index in [1.165, 1.54) is 129 Å². The summed E-state index contributed by atoms with van der Waals surface area (Å²) in [6.45, 7) is 8.16. The zero-order valence-electron chi connectivity index (χ0n) is 28.2. The topological polar surface area (TPSA) is 42.0 Å². The Morgan fingerprint density at radius 1 is 0.810 bits per heavy atom. The van der Waals surface area contributed by atoms with Crippen LogP contribution in [0.5, 0.6) is 0 Å². The molecule has 0 fully saturated rings. The smallest absolute Gasteiger partial charge is 0.409 e. The van der Waals surface area contributed by atoms with Gasteiger partial charge in [0.05, 0.1) is 17.2 Å². The number of carbonyl (C=O) groups excluding carboxylic acids is 1. The summed E-state index contributed by atoms with van der Waals surface area (Å²) in [4.78, 5) is 16.7. The van der Waals surface area contributed by atoms with Gasteiger partial charge in [-0.15, -0.1) is 11.8 Å². The fourth-order valence-electron chi connectivity index (χ4n) is 5.26.